The zero-order valence-electron chi connectivity index (χ0n) is 16.2. The molecule has 4 rings (SSSR count). The van der Waals surface area contributed by atoms with Gasteiger partial charge in [-0.3, -0.25) is 4.90 Å². The molecule has 3 aliphatic rings. The highest BCUT2D eigenvalue weighted by Gasteiger charge is 2.45. The molecule has 1 aliphatic carbocycles. The molecule has 0 radical (unpaired) electrons. The smallest absolute Gasteiger partial charge is 0.411 e. The number of morpholine rings is 1. The summed E-state index contributed by atoms with van der Waals surface area (Å²) in [6, 6.07) is 10.7. The van der Waals surface area contributed by atoms with Crippen molar-refractivity contribution in [3.05, 3.63) is 41.5 Å². The van der Waals surface area contributed by atoms with Gasteiger partial charge in [0.15, 0.2) is 0 Å². The summed E-state index contributed by atoms with van der Waals surface area (Å²) in [6.07, 6.45) is 4.48. The molecule has 2 bridgehead atoms. The van der Waals surface area contributed by atoms with E-state index in [2.05, 4.69) is 30.3 Å². The number of fused-ring (bicyclic) bond motifs is 2. The number of ether oxygens (including phenoxy) is 2. The van der Waals surface area contributed by atoms with Crippen molar-refractivity contribution >= 4 is 11.7 Å². The van der Waals surface area contributed by atoms with Crippen LogP contribution in [0.25, 0.3) is 5.57 Å². The predicted molar refractivity (Wildman–Crippen MR) is 102 cm³/mol. The highest BCUT2D eigenvalue weighted by molar-refractivity contribution is 5.75. The van der Waals surface area contributed by atoms with E-state index in [0.717, 1.165) is 30.4 Å². The van der Waals surface area contributed by atoms with Gasteiger partial charge in [0.25, 0.3) is 0 Å². The van der Waals surface area contributed by atoms with Gasteiger partial charge in [-0.05, 0) is 62.8 Å². The molecule has 0 spiro atoms. The minimum absolute atomic E-state index is 0.0203. The number of amides is 1. The lowest BCUT2D eigenvalue weighted by Crippen LogP contribution is -2.57. The summed E-state index contributed by atoms with van der Waals surface area (Å²) in [5.74, 6) is 0. The second-order valence-electron chi connectivity index (χ2n) is 8.82. The Labute approximate surface area is 160 Å². The summed E-state index contributed by atoms with van der Waals surface area (Å²) in [6.45, 7) is 6.67. The summed E-state index contributed by atoms with van der Waals surface area (Å²) in [5, 5.41) is 9.49. The lowest BCUT2D eigenvalue weighted by atomic mass is 9.87. The molecule has 2 aliphatic heterocycles. The quantitative estimate of drug-likeness (QED) is 0.793. The van der Waals surface area contributed by atoms with Crippen molar-refractivity contribution in [3.63, 3.8) is 0 Å². The fraction of sp³-hybridized carbons (Fsp3) is 0.545. The van der Waals surface area contributed by atoms with E-state index in [4.69, 9.17) is 9.47 Å². The second kappa shape index (κ2) is 6.38. The fourth-order valence-electron chi connectivity index (χ4n) is 4.02. The van der Waals surface area contributed by atoms with Crippen molar-refractivity contribution in [2.75, 3.05) is 13.2 Å². The average molecular weight is 366 g/mol. The third-order valence-electron chi connectivity index (χ3n) is 5.55. The van der Waals surface area contributed by atoms with Crippen LogP contribution < -0.4 is 0 Å². The molecule has 2 unspecified atom stereocenters. The summed E-state index contributed by atoms with van der Waals surface area (Å²) < 4.78 is 11.3. The van der Waals surface area contributed by atoms with Crippen LogP contribution in [0.2, 0.25) is 0 Å². The van der Waals surface area contributed by atoms with E-state index >= 15 is 0 Å². The molecule has 5 nitrogen and oxygen atoms in total. The minimum atomic E-state index is -0.513. The van der Waals surface area contributed by atoms with Crippen LogP contribution in [0.5, 0.6) is 0 Å². The van der Waals surface area contributed by atoms with Gasteiger partial charge < -0.3 is 9.47 Å². The first-order valence-electron chi connectivity index (χ1n) is 9.63. The molecule has 142 valence electrons. The van der Waals surface area contributed by atoms with Gasteiger partial charge in [-0.1, -0.05) is 24.3 Å². The van der Waals surface area contributed by atoms with Gasteiger partial charge in [-0.2, -0.15) is 5.26 Å². The Hall–Kier alpha value is -2.32. The maximum atomic E-state index is 12.7. The maximum absolute atomic E-state index is 12.7. The first kappa shape index (κ1) is 18.1. The summed E-state index contributed by atoms with van der Waals surface area (Å²) in [7, 11) is 0. The van der Waals surface area contributed by atoms with Gasteiger partial charge in [0.2, 0.25) is 0 Å². The monoisotopic (exact) mass is 366 g/mol. The first-order chi connectivity index (χ1) is 12.8. The van der Waals surface area contributed by atoms with Gasteiger partial charge in [0, 0.05) is 0 Å². The summed E-state index contributed by atoms with van der Waals surface area (Å²) in [4.78, 5) is 14.5. The van der Waals surface area contributed by atoms with Crippen LogP contribution in [-0.4, -0.2) is 41.9 Å². The summed E-state index contributed by atoms with van der Waals surface area (Å²) >= 11 is 0. The van der Waals surface area contributed by atoms with Crippen molar-refractivity contribution in [3.8, 4) is 6.07 Å². The number of benzene rings is 1. The van der Waals surface area contributed by atoms with Crippen molar-refractivity contribution in [2.45, 2.75) is 63.1 Å². The van der Waals surface area contributed by atoms with Crippen LogP contribution in [0.4, 0.5) is 4.79 Å². The number of carbonyl (C=O) groups is 1. The molecular weight excluding hydrogens is 340 g/mol. The Balaban J connectivity index is 1.61. The first-order valence-corrected chi connectivity index (χ1v) is 9.63. The van der Waals surface area contributed by atoms with E-state index in [0.29, 0.717) is 13.2 Å². The van der Waals surface area contributed by atoms with E-state index in [1.807, 2.05) is 31.7 Å². The van der Waals surface area contributed by atoms with Gasteiger partial charge in [-0.15, -0.1) is 0 Å². The predicted octanol–water partition coefficient (Wildman–Crippen LogP) is 4.03. The Morgan fingerprint density at radius 2 is 2.11 bits per heavy atom. The molecule has 2 heterocycles. The zero-order chi connectivity index (χ0) is 19.2. The van der Waals surface area contributed by atoms with Gasteiger partial charge >= 0.3 is 6.09 Å². The van der Waals surface area contributed by atoms with Crippen molar-refractivity contribution in [1.29, 1.82) is 5.26 Å². The number of carbonyl (C=O) groups excluding carboxylic acids is 1. The third kappa shape index (κ3) is 3.46. The van der Waals surface area contributed by atoms with E-state index in [1.54, 1.807) is 0 Å². The Morgan fingerprint density at radius 3 is 2.74 bits per heavy atom. The zero-order valence-corrected chi connectivity index (χ0v) is 16.2. The molecule has 1 aromatic rings. The molecule has 0 aromatic heterocycles. The molecule has 27 heavy (non-hydrogen) atoms. The number of rotatable bonds is 2. The van der Waals surface area contributed by atoms with E-state index < -0.39 is 5.60 Å². The Morgan fingerprint density at radius 1 is 1.33 bits per heavy atom. The van der Waals surface area contributed by atoms with Crippen molar-refractivity contribution in [1.82, 2.24) is 4.90 Å². The van der Waals surface area contributed by atoms with Crippen LogP contribution in [0.15, 0.2) is 30.3 Å². The molecule has 1 aromatic carbocycles. The van der Waals surface area contributed by atoms with Crippen LogP contribution in [-0.2, 0) is 14.9 Å². The molecule has 5 heteroatoms. The molecule has 2 fully saturated rings. The number of hydrogen-bond acceptors (Lipinski definition) is 4. The van der Waals surface area contributed by atoms with Crippen LogP contribution in [0.1, 0.15) is 51.2 Å². The molecule has 1 saturated heterocycles. The number of nitriles is 1. The largest absolute Gasteiger partial charge is 0.444 e. The van der Waals surface area contributed by atoms with E-state index in [9.17, 15) is 10.1 Å². The number of hydrogen-bond donors (Lipinski definition) is 0. The van der Waals surface area contributed by atoms with Crippen LogP contribution in [0, 0.1) is 11.3 Å². The molecule has 0 N–H and O–H groups in total. The normalized spacial score (nSPS) is 26.0. The SMILES string of the molecule is CC(C)(C)OC(=O)N1C2C=C(c3cccc(C4(C#N)CC4)c3)CC1COC2. The third-order valence-corrected chi connectivity index (χ3v) is 5.55. The fourth-order valence-corrected chi connectivity index (χ4v) is 4.02. The standard InChI is InChI=1S/C22H26N2O3/c1-21(2,3)27-20(25)24-18-10-16(11-19(24)13-26-12-18)15-5-4-6-17(9-15)22(14-23)7-8-22/h4-6,9-10,18-19H,7-8,11-13H2,1-3H3. The Bertz CT molecular complexity index is 827. The molecule has 1 saturated carbocycles. The van der Waals surface area contributed by atoms with E-state index in [1.165, 1.54) is 5.57 Å². The van der Waals surface area contributed by atoms with E-state index in [-0.39, 0.29) is 23.6 Å². The second-order valence-corrected chi connectivity index (χ2v) is 8.82. The Kier molecular flexibility index (Phi) is 4.27. The van der Waals surface area contributed by atoms with Crippen LogP contribution in [0.3, 0.4) is 0 Å². The maximum Gasteiger partial charge on any atom is 0.411 e. The average Bonchev–Trinajstić information content (AvgIpc) is 3.40. The van der Waals surface area contributed by atoms with Gasteiger partial charge in [0.1, 0.15) is 5.60 Å². The minimum Gasteiger partial charge on any atom is -0.444 e. The molecule has 2 atom stereocenters. The van der Waals surface area contributed by atoms with Gasteiger partial charge in [0.05, 0.1) is 36.8 Å². The molecular formula is C22H26N2O3. The van der Waals surface area contributed by atoms with Gasteiger partial charge in [-0.25, -0.2) is 4.79 Å². The highest BCUT2D eigenvalue weighted by atomic mass is 16.6. The topological polar surface area (TPSA) is 62.6 Å². The summed E-state index contributed by atoms with van der Waals surface area (Å²) in [5.41, 5.74) is 2.69. The molecule has 1 amide bonds. The number of nitrogens with zero attached hydrogens (tertiary/aromatic N) is 2. The highest BCUT2D eigenvalue weighted by Crippen LogP contribution is 2.48. The lowest BCUT2D eigenvalue weighted by molar-refractivity contribution is -0.0510. The van der Waals surface area contributed by atoms with Crippen molar-refractivity contribution < 1.29 is 14.3 Å². The van der Waals surface area contributed by atoms with Crippen molar-refractivity contribution in [2.24, 2.45) is 0 Å². The lowest BCUT2D eigenvalue weighted by Gasteiger charge is -2.44. The van der Waals surface area contributed by atoms with Crippen LogP contribution >= 0.6 is 0 Å².